The number of ether oxygens (including phenoxy) is 2. The van der Waals surface area contributed by atoms with Crippen molar-refractivity contribution < 1.29 is 18.7 Å². The average Bonchev–Trinajstić information content (AvgIpc) is 3.02. The molecule has 0 unspecified atom stereocenters. The molecule has 24 heavy (non-hydrogen) atoms. The van der Waals surface area contributed by atoms with Gasteiger partial charge in [-0.2, -0.15) is 0 Å². The van der Waals surface area contributed by atoms with Crippen molar-refractivity contribution in [2.75, 3.05) is 14.2 Å². The molecule has 0 radical (unpaired) electrons. The largest absolute Gasteiger partial charge is 0.493 e. The molecule has 0 spiro atoms. The Kier molecular flexibility index (Phi) is 4.66. The molecule has 0 atom stereocenters. The van der Waals surface area contributed by atoms with Crippen LogP contribution in [-0.2, 0) is 6.54 Å². The number of halogens is 1. The molecular formula is C18H16FNO3S. The number of carbonyl (C=O) groups is 1. The minimum Gasteiger partial charge on any atom is -0.493 e. The van der Waals surface area contributed by atoms with E-state index in [1.165, 1.54) is 23.5 Å². The molecule has 1 N–H and O–H groups in total. The number of thiophene rings is 1. The predicted molar refractivity (Wildman–Crippen MR) is 92.5 cm³/mol. The summed E-state index contributed by atoms with van der Waals surface area (Å²) < 4.78 is 24.6. The highest BCUT2D eigenvalue weighted by Gasteiger charge is 2.11. The summed E-state index contributed by atoms with van der Waals surface area (Å²) in [6, 6.07) is 11.7. The van der Waals surface area contributed by atoms with E-state index in [2.05, 4.69) is 5.32 Å². The lowest BCUT2D eigenvalue weighted by atomic mass is 10.2. The lowest BCUT2D eigenvalue weighted by molar-refractivity contribution is 0.0955. The molecular weight excluding hydrogens is 329 g/mol. The van der Waals surface area contributed by atoms with Crippen molar-refractivity contribution in [3.63, 3.8) is 0 Å². The van der Waals surface area contributed by atoms with Gasteiger partial charge in [0.15, 0.2) is 11.5 Å². The van der Waals surface area contributed by atoms with Gasteiger partial charge in [0.05, 0.1) is 19.1 Å². The Balaban J connectivity index is 1.72. The first-order valence-corrected chi connectivity index (χ1v) is 8.10. The highest BCUT2D eigenvalue weighted by atomic mass is 32.1. The maximum absolute atomic E-state index is 13.2. The smallest absolute Gasteiger partial charge is 0.261 e. The molecule has 0 fully saturated rings. The number of hydrogen-bond donors (Lipinski definition) is 1. The third kappa shape index (κ3) is 3.33. The molecule has 3 aromatic rings. The molecule has 0 aliphatic rings. The Morgan fingerprint density at radius 3 is 2.62 bits per heavy atom. The Morgan fingerprint density at radius 1 is 1.08 bits per heavy atom. The molecule has 0 aliphatic carbocycles. The number of carbonyl (C=O) groups excluding carboxylic acids is 1. The first-order valence-electron chi connectivity index (χ1n) is 7.29. The second kappa shape index (κ2) is 6.88. The fourth-order valence-electron chi connectivity index (χ4n) is 2.39. The molecule has 4 nitrogen and oxygen atoms in total. The Labute approximate surface area is 142 Å². The quantitative estimate of drug-likeness (QED) is 0.761. The third-order valence-corrected chi connectivity index (χ3v) is 4.72. The van der Waals surface area contributed by atoms with Crippen LogP contribution in [0.1, 0.15) is 15.2 Å². The summed E-state index contributed by atoms with van der Waals surface area (Å²) in [5, 5.41) is 3.59. The van der Waals surface area contributed by atoms with Gasteiger partial charge in [-0.3, -0.25) is 4.79 Å². The van der Waals surface area contributed by atoms with Crippen LogP contribution in [0, 0.1) is 5.82 Å². The van der Waals surface area contributed by atoms with Gasteiger partial charge >= 0.3 is 0 Å². The molecule has 0 aliphatic heterocycles. The van der Waals surface area contributed by atoms with Crippen molar-refractivity contribution in [2.45, 2.75) is 6.54 Å². The van der Waals surface area contributed by atoms with Crippen LogP contribution in [0.5, 0.6) is 11.5 Å². The molecule has 1 amide bonds. The Bertz CT molecular complexity index is 891. The number of hydrogen-bond acceptors (Lipinski definition) is 4. The monoisotopic (exact) mass is 345 g/mol. The Hall–Kier alpha value is -2.60. The predicted octanol–water partition coefficient (Wildman–Crippen LogP) is 3.99. The lowest BCUT2D eigenvalue weighted by Gasteiger charge is -2.10. The number of nitrogens with one attached hydrogen (secondary N) is 1. The summed E-state index contributed by atoms with van der Waals surface area (Å²) in [5.41, 5.74) is 0.896. The highest BCUT2D eigenvalue weighted by molar-refractivity contribution is 7.20. The lowest BCUT2D eigenvalue weighted by Crippen LogP contribution is -2.21. The van der Waals surface area contributed by atoms with Gasteiger partial charge in [-0.15, -0.1) is 11.3 Å². The first kappa shape index (κ1) is 16.3. The van der Waals surface area contributed by atoms with Crippen LogP contribution in [0.2, 0.25) is 0 Å². The summed E-state index contributed by atoms with van der Waals surface area (Å²) in [6.45, 7) is 0.363. The van der Waals surface area contributed by atoms with Crippen LogP contribution < -0.4 is 14.8 Å². The van der Waals surface area contributed by atoms with Crippen LogP contribution in [0.15, 0.2) is 42.5 Å². The van der Waals surface area contributed by atoms with Gasteiger partial charge in [0.1, 0.15) is 5.82 Å². The number of amides is 1. The summed E-state index contributed by atoms with van der Waals surface area (Å²) in [6.07, 6.45) is 0. The van der Waals surface area contributed by atoms with Gasteiger partial charge in [0, 0.05) is 11.2 Å². The molecule has 1 heterocycles. The van der Waals surface area contributed by atoms with E-state index in [-0.39, 0.29) is 11.7 Å². The molecule has 124 valence electrons. The first-order chi connectivity index (χ1) is 11.6. The van der Waals surface area contributed by atoms with Crippen LogP contribution in [-0.4, -0.2) is 20.1 Å². The van der Waals surface area contributed by atoms with Crippen molar-refractivity contribution in [3.8, 4) is 11.5 Å². The topological polar surface area (TPSA) is 47.6 Å². The Morgan fingerprint density at radius 2 is 1.88 bits per heavy atom. The van der Waals surface area contributed by atoms with Gasteiger partial charge in [-0.05, 0) is 47.3 Å². The molecule has 0 bridgehead atoms. The maximum atomic E-state index is 13.2. The van der Waals surface area contributed by atoms with Crippen LogP contribution in [0.25, 0.3) is 10.1 Å². The van der Waals surface area contributed by atoms with Gasteiger partial charge in [-0.1, -0.05) is 6.07 Å². The number of rotatable bonds is 5. The summed E-state index contributed by atoms with van der Waals surface area (Å²) in [5.74, 6) is 0.754. The summed E-state index contributed by atoms with van der Waals surface area (Å²) >= 11 is 1.34. The van der Waals surface area contributed by atoms with Gasteiger partial charge in [-0.25, -0.2) is 4.39 Å². The van der Waals surface area contributed by atoms with Crippen molar-refractivity contribution in [1.29, 1.82) is 0 Å². The maximum Gasteiger partial charge on any atom is 0.261 e. The summed E-state index contributed by atoms with van der Waals surface area (Å²) in [4.78, 5) is 12.9. The fourth-order valence-corrected chi connectivity index (χ4v) is 3.35. The number of methoxy groups -OCH3 is 2. The second-order valence-corrected chi connectivity index (χ2v) is 6.25. The van der Waals surface area contributed by atoms with Crippen molar-refractivity contribution in [2.24, 2.45) is 0 Å². The summed E-state index contributed by atoms with van der Waals surface area (Å²) in [7, 11) is 3.14. The van der Waals surface area contributed by atoms with E-state index in [4.69, 9.17) is 9.47 Å². The SMILES string of the molecule is COc1ccc(CNC(=O)c2cc3cc(F)ccc3s2)cc1OC. The molecule has 2 aromatic carbocycles. The van der Waals surface area contributed by atoms with Gasteiger partial charge in [0.2, 0.25) is 0 Å². The zero-order chi connectivity index (χ0) is 17.1. The highest BCUT2D eigenvalue weighted by Crippen LogP contribution is 2.28. The van der Waals surface area contributed by atoms with E-state index in [1.807, 2.05) is 12.1 Å². The van der Waals surface area contributed by atoms with Gasteiger partial charge in [0.25, 0.3) is 5.91 Å². The third-order valence-electron chi connectivity index (χ3n) is 3.60. The minimum atomic E-state index is -0.308. The van der Waals surface area contributed by atoms with E-state index < -0.39 is 0 Å². The van der Waals surface area contributed by atoms with Crippen molar-refractivity contribution in [1.82, 2.24) is 5.32 Å². The normalized spacial score (nSPS) is 10.6. The average molecular weight is 345 g/mol. The van der Waals surface area contributed by atoms with Crippen LogP contribution in [0.3, 0.4) is 0 Å². The molecule has 0 saturated heterocycles. The molecule has 1 aromatic heterocycles. The van der Waals surface area contributed by atoms with E-state index >= 15 is 0 Å². The zero-order valence-corrected chi connectivity index (χ0v) is 14.1. The number of fused-ring (bicyclic) bond motifs is 1. The molecule has 0 saturated carbocycles. The van der Waals surface area contributed by atoms with E-state index in [0.29, 0.717) is 22.9 Å². The van der Waals surface area contributed by atoms with E-state index in [1.54, 1.807) is 32.4 Å². The van der Waals surface area contributed by atoms with Crippen molar-refractivity contribution in [3.05, 3.63) is 58.7 Å². The van der Waals surface area contributed by atoms with Crippen LogP contribution >= 0.6 is 11.3 Å². The van der Waals surface area contributed by atoms with E-state index in [0.717, 1.165) is 15.6 Å². The van der Waals surface area contributed by atoms with E-state index in [9.17, 15) is 9.18 Å². The second-order valence-electron chi connectivity index (χ2n) is 5.16. The zero-order valence-electron chi connectivity index (χ0n) is 13.3. The molecule has 6 heteroatoms. The minimum absolute atomic E-state index is 0.189. The van der Waals surface area contributed by atoms with Gasteiger partial charge < -0.3 is 14.8 Å². The van der Waals surface area contributed by atoms with Crippen molar-refractivity contribution >= 4 is 27.3 Å². The van der Waals surface area contributed by atoms with Crippen LogP contribution in [0.4, 0.5) is 4.39 Å². The number of benzene rings is 2. The molecule has 3 rings (SSSR count). The fraction of sp³-hybridized carbons (Fsp3) is 0.167. The standard InChI is InChI=1S/C18H16FNO3S/c1-22-14-5-3-11(7-15(14)23-2)10-20-18(21)17-9-12-8-13(19)4-6-16(12)24-17/h3-9H,10H2,1-2H3,(H,20,21).